The predicted octanol–water partition coefficient (Wildman–Crippen LogP) is 4.03. The van der Waals surface area contributed by atoms with Gasteiger partial charge in [-0.05, 0) is 37.1 Å². The van der Waals surface area contributed by atoms with Crippen molar-refractivity contribution in [3.63, 3.8) is 0 Å². The van der Waals surface area contributed by atoms with Crippen molar-refractivity contribution in [2.45, 2.75) is 26.8 Å². The summed E-state index contributed by atoms with van der Waals surface area (Å²) in [4.78, 5) is 27.1. The van der Waals surface area contributed by atoms with Crippen LogP contribution in [0.5, 0.6) is 0 Å². The zero-order valence-electron chi connectivity index (χ0n) is 18.4. The summed E-state index contributed by atoms with van der Waals surface area (Å²) < 4.78 is 3.90. The summed E-state index contributed by atoms with van der Waals surface area (Å²) in [6.45, 7) is 4.44. The van der Waals surface area contributed by atoms with Crippen molar-refractivity contribution < 1.29 is 9.59 Å². The molecule has 2 amide bonds. The minimum Gasteiger partial charge on any atom is -0.350 e. The Labute approximate surface area is 186 Å². The maximum Gasteiger partial charge on any atom is 0.244 e. The van der Waals surface area contributed by atoms with E-state index in [0.717, 1.165) is 39.0 Å². The van der Waals surface area contributed by atoms with Gasteiger partial charge < -0.3 is 9.88 Å². The molecular weight excluding hydrogens is 402 g/mol. The van der Waals surface area contributed by atoms with Crippen LogP contribution in [0.4, 0.5) is 11.5 Å². The third-order valence-corrected chi connectivity index (χ3v) is 6.23. The van der Waals surface area contributed by atoms with Crippen molar-refractivity contribution in [2.75, 3.05) is 16.8 Å². The third kappa shape index (κ3) is 3.36. The van der Waals surface area contributed by atoms with E-state index in [1.165, 1.54) is 4.90 Å². The highest BCUT2D eigenvalue weighted by Crippen LogP contribution is 2.33. The number of benzene rings is 2. The molecule has 32 heavy (non-hydrogen) atoms. The number of carbonyl (C=O) groups is 2. The summed E-state index contributed by atoms with van der Waals surface area (Å²) in [5.74, 6) is 0.353. The van der Waals surface area contributed by atoms with Crippen molar-refractivity contribution in [1.82, 2.24) is 14.3 Å². The Bertz CT molecular complexity index is 1360. The van der Waals surface area contributed by atoms with Crippen LogP contribution < -0.4 is 10.2 Å². The number of hydrogen-bond acceptors (Lipinski definition) is 3. The van der Waals surface area contributed by atoms with E-state index in [9.17, 15) is 9.59 Å². The van der Waals surface area contributed by atoms with Gasteiger partial charge in [0.15, 0.2) is 0 Å². The van der Waals surface area contributed by atoms with Gasteiger partial charge in [-0.1, -0.05) is 30.3 Å². The number of amides is 2. The van der Waals surface area contributed by atoms with Gasteiger partial charge in [0.25, 0.3) is 0 Å². The summed E-state index contributed by atoms with van der Waals surface area (Å²) in [7, 11) is 2.01. The quantitative estimate of drug-likeness (QED) is 0.534. The molecule has 0 unspecified atom stereocenters. The molecule has 0 atom stereocenters. The number of nitrogens with one attached hydrogen (secondary N) is 1. The van der Waals surface area contributed by atoms with Crippen molar-refractivity contribution in [3.05, 3.63) is 65.9 Å². The minimum absolute atomic E-state index is 0.0487. The Morgan fingerprint density at radius 3 is 2.78 bits per heavy atom. The summed E-state index contributed by atoms with van der Waals surface area (Å²) in [6.07, 6.45) is 2.37. The molecule has 0 saturated heterocycles. The normalized spacial score (nSPS) is 13.5. The van der Waals surface area contributed by atoms with Crippen molar-refractivity contribution in [2.24, 2.45) is 7.05 Å². The lowest BCUT2D eigenvalue weighted by Crippen LogP contribution is -2.42. The maximum absolute atomic E-state index is 12.8. The molecule has 2 aromatic heterocycles. The second kappa shape index (κ2) is 7.67. The lowest BCUT2D eigenvalue weighted by atomic mass is 10.1. The van der Waals surface area contributed by atoms with E-state index in [1.807, 2.05) is 62.0 Å². The molecule has 0 fully saturated rings. The Morgan fingerprint density at radius 1 is 1.12 bits per heavy atom. The molecule has 7 nitrogen and oxygen atoms in total. The molecule has 7 heteroatoms. The molecule has 1 aliphatic rings. The van der Waals surface area contributed by atoms with Gasteiger partial charge in [0, 0.05) is 47.9 Å². The van der Waals surface area contributed by atoms with E-state index >= 15 is 0 Å². The highest BCUT2D eigenvalue weighted by atomic mass is 16.2. The van der Waals surface area contributed by atoms with Crippen LogP contribution in [0.25, 0.3) is 22.2 Å². The molecule has 2 aromatic carbocycles. The smallest absolute Gasteiger partial charge is 0.244 e. The second-order valence-corrected chi connectivity index (χ2v) is 8.31. The average molecular weight is 428 g/mol. The number of aryl methyl sites for hydroxylation is 3. The van der Waals surface area contributed by atoms with Crippen LogP contribution in [0.3, 0.4) is 0 Å². The number of para-hydroxylation sites is 1. The number of aromatic nitrogens is 3. The first-order valence-electron chi connectivity index (χ1n) is 10.7. The number of rotatable bonds is 4. The van der Waals surface area contributed by atoms with Crippen molar-refractivity contribution in [1.29, 1.82) is 0 Å². The standard InChI is InChI=1S/C25H25N5O2/c1-16-7-6-9-20(17(16)2)26-23(31)15-29-24-13-21(27-30(24)12-11-25(29)32)19-14-28(3)22-10-5-4-8-18(19)22/h4-10,13-14H,11-12,15H2,1-3H3,(H,26,31). The molecule has 1 N–H and O–H groups in total. The molecule has 0 bridgehead atoms. The topological polar surface area (TPSA) is 72.2 Å². The number of anilines is 2. The largest absolute Gasteiger partial charge is 0.350 e. The number of fused-ring (bicyclic) bond motifs is 2. The van der Waals surface area contributed by atoms with Crippen LogP contribution in [0.1, 0.15) is 17.5 Å². The highest BCUT2D eigenvalue weighted by Gasteiger charge is 2.29. The molecule has 0 radical (unpaired) electrons. The summed E-state index contributed by atoms with van der Waals surface area (Å²) in [5, 5.41) is 8.82. The number of hydrogen-bond donors (Lipinski definition) is 1. The van der Waals surface area contributed by atoms with E-state index in [1.54, 1.807) is 0 Å². The first-order chi connectivity index (χ1) is 15.4. The fourth-order valence-electron chi connectivity index (χ4n) is 4.32. The van der Waals surface area contributed by atoms with Gasteiger partial charge >= 0.3 is 0 Å². The zero-order chi connectivity index (χ0) is 22.4. The molecule has 5 rings (SSSR count). The summed E-state index contributed by atoms with van der Waals surface area (Å²) >= 11 is 0. The second-order valence-electron chi connectivity index (χ2n) is 8.31. The van der Waals surface area contributed by atoms with Gasteiger partial charge in [-0.3, -0.25) is 14.5 Å². The van der Waals surface area contributed by atoms with Gasteiger partial charge in [-0.2, -0.15) is 5.10 Å². The van der Waals surface area contributed by atoms with Crippen LogP contribution >= 0.6 is 0 Å². The SMILES string of the molecule is Cc1cccc(NC(=O)CN2C(=O)CCn3nc(-c4cn(C)c5ccccc45)cc32)c1C. The summed E-state index contributed by atoms with van der Waals surface area (Å²) in [5.41, 5.74) is 5.83. The van der Waals surface area contributed by atoms with Crippen LogP contribution in [-0.4, -0.2) is 32.7 Å². The van der Waals surface area contributed by atoms with Crippen LogP contribution in [0.2, 0.25) is 0 Å². The van der Waals surface area contributed by atoms with E-state index in [0.29, 0.717) is 18.8 Å². The van der Waals surface area contributed by atoms with Gasteiger partial charge in [0.05, 0.1) is 12.2 Å². The molecule has 3 heterocycles. The van der Waals surface area contributed by atoms with Gasteiger partial charge in [0.1, 0.15) is 12.4 Å². The number of nitrogens with zero attached hydrogens (tertiary/aromatic N) is 4. The minimum atomic E-state index is -0.228. The third-order valence-electron chi connectivity index (χ3n) is 6.23. The van der Waals surface area contributed by atoms with Gasteiger partial charge in [-0.15, -0.1) is 0 Å². The van der Waals surface area contributed by atoms with E-state index in [2.05, 4.69) is 28.2 Å². The maximum atomic E-state index is 12.8. The monoisotopic (exact) mass is 427 g/mol. The Kier molecular flexibility index (Phi) is 4.81. The lowest BCUT2D eigenvalue weighted by molar-refractivity contribution is -0.122. The number of carbonyl (C=O) groups excluding carboxylic acids is 2. The van der Waals surface area contributed by atoms with E-state index in [-0.39, 0.29) is 18.4 Å². The molecule has 0 spiro atoms. The average Bonchev–Trinajstić information content (AvgIpc) is 3.35. The van der Waals surface area contributed by atoms with Gasteiger partial charge in [0.2, 0.25) is 11.8 Å². The van der Waals surface area contributed by atoms with E-state index < -0.39 is 0 Å². The van der Waals surface area contributed by atoms with Crippen LogP contribution in [0.15, 0.2) is 54.7 Å². The van der Waals surface area contributed by atoms with Crippen molar-refractivity contribution >= 4 is 34.2 Å². The fourth-order valence-corrected chi connectivity index (χ4v) is 4.32. The lowest BCUT2D eigenvalue weighted by Gasteiger charge is -2.27. The first kappa shape index (κ1) is 20.1. The first-order valence-corrected chi connectivity index (χ1v) is 10.7. The molecule has 162 valence electrons. The summed E-state index contributed by atoms with van der Waals surface area (Å²) in [6, 6.07) is 15.9. The molecular formula is C25H25N5O2. The Morgan fingerprint density at radius 2 is 1.94 bits per heavy atom. The molecule has 4 aromatic rings. The Hall–Kier alpha value is -3.87. The van der Waals surface area contributed by atoms with Crippen molar-refractivity contribution in [3.8, 4) is 11.3 Å². The molecule has 1 aliphatic heterocycles. The molecule has 0 saturated carbocycles. The Balaban J connectivity index is 1.45. The van der Waals surface area contributed by atoms with Crippen LogP contribution in [0, 0.1) is 13.8 Å². The van der Waals surface area contributed by atoms with Crippen LogP contribution in [-0.2, 0) is 23.2 Å². The zero-order valence-corrected chi connectivity index (χ0v) is 18.4. The predicted molar refractivity (Wildman–Crippen MR) is 126 cm³/mol. The highest BCUT2D eigenvalue weighted by molar-refractivity contribution is 6.04. The fraction of sp³-hybridized carbons (Fsp3) is 0.240. The molecule has 0 aliphatic carbocycles. The van der Waals surface area contributed by atoms with Gasteiger partial charge in [-0.25, -0.2) is 4.68 Å². The van der Waals surface area contributed by atoms with E-state index in [4.69, 9.17) is 5.10 Å².